The molecule has 2 rings (SSSR count). The lowest BCUT2D eigenvalue weighted by molar-refractivity contribution is 0.0398. The lowest BCUT2D eigenvalue weighted by Crippen LogP contribution is -2.39. The molecule has 0 atom stereocenters. The molecule has 24 heavy (non-hydrogen) atoms. The maximum Gasteiger partial charge on any atom is 0.270 e. The average Bonchev–Trinajstić information content (AvgIpc) is 2.55. The summed E-state index contributed by atoms with van der Waals surface area (Å²) < 4.78 is 5.34. The Bertz CT molecular complexity index is 530. The Balaban J connectivity index is 1.84. The van der Waals surface area contributed by atoms with Crippen molar-refractivity contribution in [2.75, 3.05) is 51.3 Å². The maximum atomic E-state index is 12.2. The topological polar surface area (TPSA) is 79.4 Å². The molecule has 0 spiro atoms. The Morgan fingerprint density at radius 2 is 2.04 bits per heavy atom. The van der Waals surface area contributed by atoms with Gasteiger partial charge in [-0.1, -0.05) is 13.8 Å². The first kappa shape index (κ1) is 18.6. The van der Waals surface area contributed by atoms with Gasteiger partial charge in [0.25, 0.3) is 5.91 Å². The summed E-state index contributed by atoms with van der Waals surface area (Å²) in [7, 11) is 0. The molecule has 134 valence electrons. The summed E-state index contributed by atoms with van der Waals surface area (Å²) in [5.41, 5.74) is 1.20. The van der Waals surface area contributed by atoms with Crippen molar-refractivity contribution in [1.29, 1.82) is 0 Å². The van der Waals surface area contributed by atoms with Crippen LogP contribution in [0.3, 0.4) is 0 Å². The summed E-state index contributed by atoms with van der Waals surface area (Å²) in [6.45, 7) is 12.0. The van der Waals surface area contributed by atoms with E-state index in [4.69, 9.17) is 4.74 Å². The molecule has 1 fully saturated rings. The molecule has 0 saturated carbocycles. The lowest BCUT2D eigenvalue weighted by atomic mass is 10.1. The zero-order valence-corrected chi connectivity index (χ0v) is 15.0. The number of carbonyl (C=O) groups is 1. The summed E-state index contributed by atoms with van der Waals surface area (Å²) in [4.78, 5) is 23.2. The molecule has 0 bridgehead atoms. The molecule has 0 aliphatic carbocycles. The number of hydrogen-bond donors (Lipinski definition) is 2. The van der Waals surface area contributed by atoms with Gasteiger partial charge in [-0.3, -0.25) is 9.69 Å². The van der Waals surface area contributed by atoms with Gasteiger partial charge in [0.15, 0.2) is 0 Å². The zero-order valence-electron chi connectivity index (χ0n) is 15.0. The molecule has 1 saturated heterocycles. The van der Waals surface area contributed by atoms with Crippen molar-refractivity contribution in [2.24, 2.45) is 5.92 Å². The first-order valence-electron chi connectivity index (χ1n) is 8.72. The number of ether oxygens (including phenoxy) is 1. The number of rotatable bonds is 8. The van der Waals surface area contributed by atoms with Crippen LogP contribution in [-0.2, 0) is 4.74 Å². The van der Waals surface area contributed by atoms with Crippen LogP contribution in [0.1, 0.15) is 36.5 Å². The smallest absolute Gasteiger partial charge is 0.270 e. The van der Waals surface area contributed by atoms with Crippen LogP contribution >= 0.6 is 0 Å². The van der Waals surface area contributed by atoms with Gasteiger partial charge >= 0.3 is 0 Å². The number of amides is 1. The molecule has 1 aromatic heterocycles. The fraction of sp³-hybridized carbons (Fsp3) is 0.706. The number of aromatic nitrogens is 2. The molecule has 1 amide bonds. The fourth-order valence-electron chi connectivity index (χ4n) is 2.48. The number of carbonyl (C=O) groups excluding carboxylic acids is 1. The van der Waals surface area contributed by atoms with Crippen LogP contribution in [0, 0.1) is 12.8 Å². The molecule has 7 nitrogen and oxygen atoms in total. The van der Waals surface area contributed by atoms with E-state index in [0.717, 1.165) is 51.5 Å². The van der Waals surface area contributed by atoms with Gasteiger partial charge in [0.1, 0.15) is 5.69 Å². The van der Waals surface area contributed by atoms with E-state index < -0.39 is 0 Å². The number of aryl methyl sites for hydroxylation is 1. The monoisotopic (exact) mass is 335 g/mol. The molecule has 7 heteroatoms. The third-order valence-corrected chi connectivity index (χ3v) is 3.91. The van der Waals surface area contributed by atoms with E-state index in [2.05, 4.69) is 39.3 Å². The molecule has 2 N–H and O–H groups in total. The summed E-state index contributed by atoms with van der Waals surface area (Å²) in [6, 6.07) is 1.72. The first-order chi connectivity index (χ1) is 11.5. The van der Waals surface area contributed by atoms with Gasteiger partial charge < -0.3 is 15.4 Å². The molecular formula is C17H29N5O2. The van der Waals surface area contributed by atoms with Gasteiger partial charge in [-0.05, 0) is 25.3 Å². The minimum Gasteiger partial charge on any atom is -0.379 e. The molecule has 0 unspecified atom stereocenters. The highest BCUT2D eigenvalue weighted by atomic mass is 16.5. The Morgan fingerprint density at radius 3 is 2.75 bits per heavy atom. The van der Waals surface area contributed by atoms with E-state index >= 15 is 0 Å². The van der Waals surface area contributed by atoms with Gasteiger partial charge in [-0.25, -0.2) is 9.97 Å². The van der Waals surface area contributed by atoms with Crippen molar-refractivity contribution in [3.8, 4) is 0 Å². The van der Waals surface area contributed by atoms with Gasteiger partial charge in [0.2, 0.25) is 5.95 Å². The fourth-order valence-corrected chi connectivity index (χ4v) is 2.48. The Hall–Kier alpha value is -1.73. The van der Waals surface area contributed by atoms with Crippen molar-refractivity contribution in [3.05, 3.63) is 17.5 Å². The summed E-state index contributed by atoms with van der Waals surface area (Å²) in [5, 5.41) is 6.13. The number of anilines is 1. The molecule has 1 aliphatic heterocycles. The Morgan fingerprint density at radius 1 is 1.29 bits per heavy atom. The van der Waals surface area contributed by atoms with Crippen LogP contribution < -0.4 is 10.6 Å². The summed E-state index contributed by atoms with van der Waals surface area (Å²) in [6.07, 6.45) is 0.959. The van der Waals surface area contributed by atoms with Crippen LogP contribution in [0.15, 0.2) is 6.07 Å². The van der Waals surface area contributed by atoms with Crippen LogP contribution in [0.2, 0.25) is 0 Å². The molecule has 1 aliphatic rings. The lowest BCUT2D eigenvalue weighted by Gasteiger charge is -2.26. The third-order valence-electron chi connectivity index (χ3n) is 3.91. The summed E-state index contributed by atoms with van der Waals surface area (Å²) >= 11 is 0. The van der Waals surface area contributed by atoms with Crippen LogP contribution in [0.25, 0.3) is 0 Å². The third kappa shape index (κ3) is 6.41. The van der Waals surface area contributed by atoms with Crippen LogP contribution in [0.4, 0.5) is 5.95 Å². The van der Waals surface area contributed by atoms with Gasteiger partial charge in [-0.15, -0.1) is 0 Å². The number of nitrogens with zero attached hydrogens (tertiary/aromatic N) is 3. The van der Waals surface area contributed by atoms with E-state index in [1.165, 1.54) is 0 Å². The van der Waals surface area contributed by atoms with Crippen molar-refractivity contribution >= 4 is 11.9 Å². The van der Waals surface area contributed by atoms with Gasteiger partial charge in [0.05, 0.1) is 13.2 Å². The predicted octanol–water partition coefficient (Wildman–Crippen LogP) is 1.31. The quantitative estimate of drug-likeness (QED) is 0.746. The van der Waals surface area contributed by atoms with E-state index in [1.54, 1.807) is 6.07 Å². The number of morpholine rings is 1. The zero-order chi connectivity index (χ0) is 17.4. The first-order valence-corrected chi connectivity index (χ1v) is 8.72. The highest BCUT2D eigenvalue weighted by Crippen LogP contribution is 2.06. The molecule has 1 aromatic rings. The number of hydrogen-bond acceptors (Lipinski definition) is 6. The molecule has 0 aromatic carbocycles. The van der Waals surface area contributed by atoms with E-state index in [0.29, 0.717) is 24.1 Å². The maximum absolute atomic E-state index is 12.2. The molecule has 2 heterocycles. The molecule has 0 radical (unpaired) electrons. The predicted molar refractivity (Wildman–Crippen MR) is 94.3 cm³/mol. The van der Waals surface area contributed by atoms with Crippen molar-refractivity contribution < 1.29 is 9.53 Å². The largest absolute Gasteiger partial charge is 0.379 e. The van der Waals surface area contributed by atoms with E-state index in [1.807, 2.05) is 6.92 Å². The summed E-state index contributed by atoms with van der Waals surface area (Å²) in [5.74, 6) is 0.935. The standard InChI is InChI=1S/C17H29N5O2/c1-13(2)4-5-18-16(23)15-12-14(3)20-17(21-15)19-6-7-22-8-10-24-11-9-22/h12-13H,4-11H2,1-3H3,(H,18,23)(H,19,20,21). The SMILES string of the molecule is Cc1cc(C(=O)NCCC(C)C)nc(NCCN2CCOCC2)n1. The second-order valence-corrected chi connectivity index (χ2v) is 6.54. The second kappa shape index (κ2) is 9.54. The highest BCUT2D eigenvalue weighted by Gasteiger charge is 2.12. The van der Waals surface area contributed by atoms with Gasteiger partial charge in [0, 0.05) is 38.4 Å². The van der Waals surface area contributed by atoms with E-state index in [9.17, 15) is 4.79 Å². The second-order valence-electron chi connectivity index (χ2n) is 6.54. The van der Waals surface area contributed by atoms with Crippen LogP contribution in [0.5, 0.6) is 0 Å². The van der Waals surface area contributed by atoms with Gasteiger partial charge in [-0.2, -0.15) is 0 Å². The van der Waals surface area contributed by atoms with E-state index in [-0.39, 0.29) is 5.91 Å². The number of nitrogens with one attached hydrogen (secondary N) is 2. The van der Waals surface area contributed by atoms with Crippen molar-refractivity contribution in [1.82, 2.24) is 20.2 Å². The minimum absolute atomic E-state index is 0.141. The average molecular weight is 335 g/mol. The Kier molecular flexibility index (Phi) is 7.39. The van der Waals surface area contributed by atoms with Crippen molar-refractivity contribution in [2.45, 2.75) is 27.2 Å². The molecular weight excluding hydrogens is 306 g/mol. The normalized spacial score (nSPS) is 15.5. The highest BCUT2D eigenvalue weighted by molar-refractivity contribution is 5.92. The van der Waals surface area contributed by atoms with Crippen LogP contribution in [-0.4, -0.2) is 66.7 Å². The van der Waals surface area contributed by atoms with Crippen molar-refractivity contribution in [3.63, 3.8) is 0 Å². The minimum atomic E-state index is -0.141. The Labute approximate surface area is 144 Å².